The first-order chi connectivity index (χ1) is 5.20. The summed E-state index contributed by atoms with van der Waals surface area (Å²) in [7, 11) is 3.57. The number of anilines is 1. The molecule has 0 aliphatic rings. The Hall–Kier alpha value is -1.36. The van der Waals surface area contributed by atoms with Crippen LogP contribution in [0, 0.1) is 0 Å². The molecule has 11 heavy (non-hydrogen) atoms. The molecule has 0 aromatic carbocycles. The standard InChI is InChI=1S/C6H10N4O/c1-10(2)9-5-6(11)8-4-3-7-5/h3-4H,1-2H3,(H,7,9)(H,8,11). The first-order valence-electron chi connectivity index (χ1n) is 3.18. The van der Waals surface area contributed by atoms with E-state index in [1.54, 1.807) is 19.1 Å². The molecule has 0 unspecified atom stereocenters. The van der Waals surface area contributed by atoms with Gasteiger partial charge in [0.25, 0.3) is 5.56 Å². The highest BCUT2D eigenvalue weighted by molar-refractivity contribution is 5.27. The maximum atomic E-state index is 10.9. The Morgan fingerprint density at radius 1 is 1.64 bits per heavy atom. The van der Waals surface area contributed by atoms with Crippen molar-refractivity contribution in [2.75, 3.05) is 19.5 Å². The van der Waals surface area contributed by atoms with Gasteiger partial charge in [-0.2, -0.15) is 0 Å². The van der Waals surface area contributed by atoms with E-state index in [4.69, 9.17) is 0 Å². The first-order valence-corrected chi connectivity index (χ1v) is 3.18. The second-order valence-electron chi connectivity index (χ2n) is 2.27. The number of hydrazine groups is 1. The number of H-pyrrole nitrogens is 1. The average Bonchev–Trinajstić information content (AvgIpc) is 1.93. The molecule has 0 fully saturated rings. The van der Waals surface area contributed by atoms with E-state index in [1.807, 2.05) is 0 Å². The summed E-state index contributed by atoms with van der Waals surface area (Å²) < 4.78 is 0. The number of aromatic nitrogens is 2. The number of nitrogens with zero attached hydrogens (tertiary/aromatic N) is 2. The molecule has 0 radical (unpaired) electrons. The lowest BCUT2D eigenvalue weighted by Crippen LogP contribution is -2.25. The maximum Gasteiger partial charge on any atom is 0.292 e. The molecule has 2 N–H and O–H groups in total. The van der Waals surface area contributed by atoms with E-state index in [9.17, 15) is 4.79 Å². The molecule has 0 aliphatic heterocycles. The topological polar surface area (TPSA) is 61.0 Å². The van der Waals surface area contributed by atoms with Crippen molar-refractivity contribution in [1.29, 1.82) is 0 Å². The van der Waals surface area contributed by atoms with Crippen molar-refractivity contribution in [3.05, 3.63) is 22.7 Å². The SMILES string of the molecule is CN(C)Nc1ncc[nH]c1=O. The number of hydrogen-bond donors (Lipinski definition) is 2. The Balaban J connectivity index is 2.87. The van der Waals surface area contributed by atoms with Gasteiger partial charge in [-0.25, -0.2) is 9.99 Å². The van der Waals surface area contributed by atoms with Gasteiger partial charge in [-0.1, -0.05) is 0 Å². The number of rotatable bonds is 2. The monoisotopic (exact) mass is 154 g/mol. The highest BCUT2D eigenvalue weighted by atomic mass is 16.1. The lowest BCUT2D eigenvalue weighted by molar-refractivity contribution is 0.491. The zero-order valence-corrected chi connectivity index (χ0v) is 6.46. The second-order valence-corrected chi connectivity index (χ2v) is 2.27. The molecule has 60 valence electrons. The van der Waals surface area contributed by atoms with E-state index in [2.05, 4.69) is 15.4 Å². The molecule has 0 saturated carbocycles. The van der Waals surface area contributed by atoms with Crippen molar-refractivity contribution < 1.29 is 0 Å². The Labute approximate surface area is 64.0 Å². The molecule has 0 atom stereocenters. The number of nitrogens with one attached hydrogen (secondary N) is 2. The van der Waals surface area contributed by atoms with Gasteiger partial charge in [-0.3, -0.25) is 10.2 Å². The molecule has 0 bridgehead atoms. The maximum absolute atomic E-state index is 10.9. The third kappa shape index (κ3) is 2.05. The Bertz CT molecular complexity index is 280. The lowest BCUT2D eigenvalue weighted by Gasteiger charge is -2.10. The summed E-state index contributed by atoms with van der Waals surface area (Å²) >= 11 is 0. The van der Waals surface area contributed by atoms with Crippen molar-refractivity contribution >= 4 is 5.82 Å². The van der Waals surface area contributed by atoms with Crippen LogP contribution in [0.4, 0.5) is 5.82 Å². The summed E-state index contributed by atoms with van der Waals surface area (Å²) in [6.07, 6.45) is 3.01. The van der Waals surface area contributed by atoms with Crippen LogP contribution in [0.25, 0.3) is 0 Å². The minimum absolute atomic E-state index is 0.221. The number of hydrogen-bond acceptors (Lipinski definition) is 4. The second kappa shape index (κ2) is 3.16. The van der Waals surface area contributed by atoms with E-state index in [0.29, 0.717) is 5.82 Å². The smallest absolute Gasteiger partial charge is 0.292 e. The van der Waals surface area contributed by atoms with E-state index >= 15 is 0 Å². The van der Waals surface area contributed by atoms with Crippen molar-refractivity contribution in [1.82, 2.24) is 15.0 Å². The van der Waals surface area contributed by atoms with E-state index in [-0.39, 0.29) is 5.56 Å². The van der Waals surface area contributed by atoms with E-state index in [0.717, 1.165) is 0 Å². The normalized spacial score (nSPS) is 10.1. The average molecular weight is 154 g/mol. The highest BCUT2D eigenvalue weighted by Crippen LogP contribution is 1.88. The van der Waals surface area contributed by atoms with Crippen LogP contribution in [-0.2, 0) is 0 Å². The third-order valence-electron chi connectivity index (χ3n) is 1.04. The van der Waals surface area contributed by atoms with E-state index in [1.165, 1.54) is 12.4 Å². The zero-order valence-electron chi connectivity index (χ0n) is 6.46. The Morgan fingerprint density at radius 3 is 2.91 bits per heavy atom. The molecular formula is C6H10N4O. The molecule has 1 aromatic rings. The summed E-state index contributed by atoms with van der Waals surface area (Å²) in [4.78, 5) is 17.3. The summed E-state index contributed by atoms with van der Waals surface area (Å²) in [5.74, 6) is 0.303. The van der Waals surface area contributed by atoms with Gasteiger partial charge in [-0.05, 0) is 0 Å². The van der Waals surface area contributed by atoms with Crippen LogP contribution < -0.4 is 11.0 Å². The fourth-order valence-electron chi connectivity index (χ4n) is 0.643. The van der Waals surface area contributed by atoms with Crippen LogP contribution in [0.3, 0.4) is 0 Å². The molecule has 0 aliphatic carbocycles. The van der Waals surface area contributed by atoms with Gasteiger partial charge in [0.1, 0.15) is 0 Å². The number of aromatic amines is 1. The fraction of sp³-hybridized carbons (Fsp3) is 0.333. The van der Waals surface area contributed by atoms with Crippen LogP contribution in [0.2, 0.25) is 0 Å². The minimum atomic E-state index is -0.221. The Kier molecular flexibility index (Phi) is 2.22. The van der Waals surface area contributed by atoms with Gasteiger partial charge in [0.2, 0.25) is 5.82 Å². The predicted octanol–water partition coefficient (Wildman–Crippen LogP) is -0.342. The molecule has 1 rings (SSSR count). The summed E-state index contributed by atoms with van der Waals surface area (Å²) in [5, 5.41) is 1.65. The molecule has 0 amide bonds. The fourth-order valence-corrected chi connectivity index (χ4v) is 0.643. The first kappa shape index (κ1) is 7.74. The molecule has 0 spiro atoms. The van der Waals surface area contributed by atoms with Crippen molar-refractivity contribution in [2.24, 2.45) is 0 Å². The van der Waals surface area contributed by atoms with E-state index < -0.39 is 0 Å². The summed E-state index contributed by atoms with van der Waals surface area (Å²) in [5.41, 5.74) is 2.53. The van der Waals surface area contributed by atoms with Gasteiger partial charge >= 0.3 is 0 Å². The van der Waals surface area contributed by atoms with Gasteiger partial charge in [0.05, 0.1) is 0 Å². The summed E-state index contributed by atoms with van der Waals surface area (Å²) in [6, 6.07) is 0. The van der Waals surface area contributed by atoms with Crippen LogP contribution in [0.1, 0.15) is 0 Å². The molecule has 0 saturated heterocycles. The largest absolute Gasteiger partial charge is 0.324 e. The third-order valence-corrected chi connectivity index (χ3v) is 1.04. The van der Waals surface area contributed by atoms with Crippen molar-refractivity contribution in [3.63, 3.8) is 0 Å². The van der Waals surface area contributed by atoms with Crippen molar-refractivity contribution in [3.8, 4) is 0 Å². The van der Waals surface area contributed by atoms with Crippen LogP contribution in [0.15, 0.2) is 17.2 Å². The van der Waals surface area contributed by atoms with Crippen molar-refractivity contribution in [2.45, 2.75) is 0 Å². The predicted molar refractivity (Wildman–Crippen MR) is 42.2 cm³/mol. The lowest BCUT2D eigenvalue weighted by atomic mass is 10.7. The highest BCUT2D eigenvalue weighted by Gasteiger charge is 1.97. The minimum Gasteiger partial charge on any atom is -0.324 e. The molecule has 1 heterocycles. The van der Waals surface area contributed by atoms with Gasteiger partial charge in [0.15, 0.2) is 0 Å². The van der Waals surface area contributed by atoms with Gasteiger partial charge < -0.3 is 4.98 Å². The molecular weight excluding hydrogens is 144 g/mol. The van der Waals surface area contributed by atoms with Crippen LogP contribution >= 0.6 is 0 Å². The molecule has 5 heteroatoms. The van der Waals surface area contributed by atoms with Gasteiger partial charge in [-0.15, -0.1) is 0 Å². The van der Waals surface area contributed by atoms with Crippen LogP contribution in [0.5, 0.6) is 0 Å². The molecule has 1 aromatic heterocycles. The summed E-state index contributed by atoms with van der Waals surface area (Å²) in [6.45, 7) is 0. The van der Waals surface area contributed by atoms with Crippen LogP contribution in [-0.4, -0.2) is 29.1 Å². The quantitative estimate of drug-likeness (QED) is 0.572. The molecule has 5 nitrogen and oxygen atoms in total. The van der Waals surface area contributed by atoms with Gasteiger partial charge in [0, 0.05) is 26.5 Å². The zero-order chi connectivity index (χ0) is 8.27. The Morgan fingerprint density at radius 2 is 2.36 bits per heavy atom.